The zero-order valence-corrected chi connectivity index (χ0v) is 10.2. The van der Waals surface area contributed by atoms with Gasteiger partial charge in [-0.3, -0.25) is 4.79 Å². The third kappa shape index (κ3) is 3.88. The lowest BCUT2D eigenvalue weighted by atomic mass is 9.86. The molecular weight excluding hydrogens is 190 g/mol. The molecule has 0 heterocycles. The van der Waals surface area contributed by atoms with Gasteiger partial charge in [-0.15, -0.1) is 0 Å². The second-order valence-corrected chi connectivity index (χ2v) is 5.06. The normalized spacial score (nSPS) is 13.5. The Morgan fingerprint density at radius 1 is 1.47 bits per heavy atom. The molecule has 0 bridgehead atoms. The average molecular weight is 211 g/mol. The Kier molecular flexibility index (Phi) is 4.76. The molecule has 0 aromatic heterocycles. The molecule has 0 aromatic rings. The molecule has 15 heavy (non-hydrogen) atoms. The van der Waals surface area contributed by atoms with E-state index in [1.54, 1.807) is 0 Å². The molecule has 4 nitrogen and oxygen atoms in total. The molecule has 0 aliphatic heterocycles. The summed E-state index contributed by atoms with van der Waals surface area (Å²) in [4.78, 5) is 13.5. The van der Waals surface area contributed by atoms with Gasteiger partial charge >= 0.3 is 0 Å². The maximum absolute atomic E-state index is 12.0. The van der Waals surface area contributed by atoms with E-state index in [4.69, 9.17) is 11.0 Å². The van der Waals surface area contributed by atoms with Crippen LogP contribution in [-0.4, -0.2) is 29.4 Å². The Labute approximate surface area is 92.0 Å². The van der Waals surface area contributed by atoms with Crippen LogP contribution in [-0.2, 0) is 4.79 Å². The fraction of sp³-hybridized carbons (Fsp3) is 0.818. The van der Waals surface area contributed by atoms with Crippen molar-refractivity contribution in [1.29, 1.82) is 5.26 Å². The molecule has 0 spiro atoms. The first-order valence-electron chi connectivity index (χ1n) is 5.14. The lowest BCUT2D eigenvalue weighted by molar-refractivity contribution is -0.135. The number of carbonyl (C=O) groups is 1. The number of amides is 1. The van der Waals surface area contributed by atoms with Gasteiger partial charge < -0.3 is 10.6 Å². The van der Waals surface area contributed by atoms with Crippen molar-refractivity contribution in [1.82, 2.24) is 4.90 Å². The molecule has 1 amide bonds. The van der Waals surface area contributed by atoms with E-state index in [-0.39, 0.29) is 23.9 Å². The first-order chi connectivity index (χ1) is 6.71. The van der Waals surface area contributed by atoms with Gasteiger partial charge in [-0.25, -0.2) is 0 Å². The van der Waals surface area contributed by atoms with Gasteiger partial charge in [0.25, 0.3) is 0 Å². The Morgan fingerprint density at radius 2 is 1.93 bits per heavy atom. The minimum absolute atomic E-state index is 0.00514. The van der Waals surface area contributed by atoms with Crippen molar-refractivity contribution in [3.05, 3.63) is 0 Å². The lowest BCUT2D eigenvalue weighted by Gasteiger charge is -2.32. The van der Waals surface area contributed by atoms with E-state index >= 15 is 0 Å². The predicted octanol–water partition coefficient (Wildman–Crippen LogP) is 1.12. The van der Waals surface area contributed by atoms with E-state index in [0.717, 1.165) is 0 Å². The lowest BCUT2D eigenvalue weighted by Crippen LogP contribution is -2.52. The van der Waals surface area contributed by atoms with Gasteiger partial charge in [0.15, 0.2) is 0 Å². The fourth-order valence-electron chi connectivity index (χ4n) is 1.14. The highest BCUT2D eigenvalue weighted by Gasteiger charge is 2.31. The number of nitrogens with two attached hydrogens (primary N) is 1. The van der Waals surface area contributed by atoms with Gasteiger partial charge in [0, 0.05) is 6.04 Å². The van der Waals surface area contributed by atoms with E-state index in [9.17, 15) is 4.79 Å². The van der Waals surface area contributed by atoms with Crippen LogP contribution >= 0.6 is 0 Å². The van der Waals surface area contributed by atoms with Gasteiger partial charge in [-0.05, 0) is 19.3 Å². The highest BCUT2D eigenvalue weighted by molar-refractivity contribution is 5.82. The van der Waals surface area contributed by atoms with Crippen molar-refractivity contribution in [3.63, 3.8) is 0 Å². The third-order valence-corrected chi connectivity index (χ3v) is 2.35. The van der Waals surface area contributed by atoms with Crippen LogP contribution in [0, 0.1) is 16.7 Å². The maximum Gasteiger partial charge on any atom is 0.241 e. The van der Waals surface area contributed by atoms with E-state index in [1.165, 1.54) is 4.90 Å². The second-order valence-electron chi connectivity index (χ2n) is 5.06. The number of nitrogens with zero attached hydrogens (tertiary/aromatic N) is 2. The van der Waals surface area contributed by atoms with Crippen molar-refractivity contribution in [2.24, 2.45) is 11.1 Å². The van der Waals surface area contributed by atoms with Crippen LogP contribution in [0.4, 0.5) is 0 Å². The molecule has 2 N–H and O–H groups in total. The van der Waals surface area contributed by atoms with Crippen molar-refractivity contribution in [2.45, 2.75) is 46.7 Å². The number of carbonyl (C=O) groups excluding carboxylic acids is 1. The molecule has 0 saturated heterocycles. The minimum Gasteiger partial charge on any atom is -0.326 e. The van der Waals surface area contributed by atoms with Gasteiger partial charge in [0.1, 0.15) is 6.54 Å². The Morgan fingerprint density at radius 3 is 2.20 bits per heavy atom. The molecule has 0 saturated carbocycles. The SMILES string of the molecule is CC(C)N(CC#N)C(=O)C(N)C(C)(C)C. The number of nitriles is 1. The number of hydrogen-bond acceptors (Lipinski definition) is 3. The van der Waals surface area contributed by atoms with E-state index < -0.39 is 6.04 Å². The molecule has 0 radical (unpaired) electrons. The monoisotopic (exact) mass is 211 g/mol. The van der Waals surface area contributed by atoms with Gasteiger partial charge in [-0.1, -0.05) is 20.8 Å². The zero-order chi connectivity index (χ0) is 12.2. The third-order valence-electron chi connectivity index (χ3n) is 2.35. The molecule has 0 aliphatic carbocycles. The maximum atomic E-state index is 12.0. The molecule has 0 aliphatic rings. The number of rotatable bonds is 3. The Bertz CT molecular complexity index is 260. The summed E-state index contributed by atoms with van der Waals surface area (Å²) in [5.74, 6) is -0.154. The van der Waals surface area contributed by atoms with E-state index in [0.29, 0.717) is 0 Å². The summed E-state index contributed by atoms with van der Waals surface area (Å²) >= 11 is 0. The number of hydrogen-bond donors (Lipinski definition) is 1. The molecule has 86 valence electrons. The molecule has 1 unspecified atom stereocenters. The Hall–Kier alpha value is -1.08. The molecule has 0 aromatic carbocycles. The smallest absolute Gasteiger partial charge is 0.241 e. The standard InChI is InChI=1S/C11H21N3O/c1-8(2)14(7-6-12)10(15)9(13)11(3,4)5/h8-9H,7,13H2,1-5H3. The molecule has 0 fully saturated rings. The van der Waals surface area contributed by atoms with Crippen LogP contribution in [0.5, 0.6) is 0 Å². The largest absolute Gasteiger partial charge is 0.326 e. The Balaban J connectivity index is 4.73. The van der Waals surface area contributed by atoms with E-state index in [1.807, 2.05) is 40.7 Å². The molecule has 0 rings (SSSR count). The van der Waals surface area contributed by atoms with Crippen molar-refractivity contribution < 1.29 is 4.79 Å². The van der Waals surface area contributed by atoms with Gasteiger partial charge in [-0.2, -0.15) is 5.26 Å². The molecule has 4 heteroatoms. The first kappa shape index (κ1) is 13.9. The summed E-state index contributed by atoms with van der Waals surface area (Å²) in [7, 11) is 0. The first-order valence-corrected chi connectivity index (χ1v) is 5.14. The van der Waals surface area contributed by atoms with Gasteiger partial charge in [0.2, 0.25) is 5.91 Å². The van der Waals surface area contributed by atoms with Crippen LogP contribution in [0.3, 0.4) is 0 Å². The molecular formula is C11H21N3O. The van der Waals surface area contributed by atoms with Crippen LogP contribution < -0.4 is 5.73 Å². The van der Waals surface area contributed by atoms with Crippen LogP contribution in [0.1, 0.15) is 34.6 Å². The zero-order valence-electron chi connectivity index (χ0n) is 10.2. The summed E-state index contributed by atoms with van der Waals surface area (Å²) < 4.78 is 0. The van der Waals surface area contributed by atoms with Crippen LogP contribution in [0.15, 0.2) is 0 Å². The second kappa shape index (κ2) is 5.13. The summed E-state index contributed by atoms with van der Waals surface area (Å²) in [6, 6.07) is 1.43. The fourth-order valence-corrected chi connectivity index (χ4v) is 1.14. The summed E-state index contributed by atoms with van der Waals surface area (Å²) in [6.45, 7) is 9.61. The van der Waals surface area contributed by atoms with Crippen molar-refractivity contribution >= 4 is 5.91 Å². The summed E-state index contributed by atoms with van der Waals surface area (Å²) in [5, 5.41) is 8.63. The van der Waals surface area contributed by atoms with E-state index in [2.05, 4.69) is 0 Å². The van der Waals surface area contributed by atoms with Crippen molar-refractivity contribution in [2.75, 3.05) is 6.54 Å². The minimum atomic E-state index is -0.562. The quantitative estimate of drug-likeness (QED) is 0.711. The molecule has 1 atom stereocenters. The highest BCUT2D eigenvalue weighted by atomic mass is 16.2. The summed E-state index contributed by atoms with van der Waals surface area (Å²) in [6.07, 6.45) is 0. The highest BCUT2D eigenvalue weighted by Crippen LogP contribution is 2.19. The topological polar surface area (TPSA) is 70.1 Å². The predicted molar refractivity (Wildman–Crippen MR) is 59.9 cm³/mol. The van der Waals surface area contributed by atoms with Crippen LogP contribution in [0.25, 0.3) is 0 Å². The average Bonchev–Trinajstić information content (AvgIpc) is 2.09. The van der Waals surface area contributed by atoms with Gasteiger partial charge in [0.05, 0.1) is 12.1 Å². The summed E-state index contributed by atoms with van der Waals surface area (Å²) in [5.41, 5.74) is 5.58. The van der Waals surface area contributed by atoms with Crippen molar-refractivity contribution in [3.8, 4) is 6.07 Å². The van der Waals surface area contributed by atoms with Crippen LogP contribution in [0.2, 0.25) is 0 Å².